The molecule has 1 heteroatoms. The van der Waals surface area contributed by atoms with Crippen LogP contribution in [-0.4, -0.2) is 4.57 Å². The molecule has 10 rings (SSSR count). The van der Waals surface area contributed by atoms with E-state index in [9.17, 15) is 0 Å². The molecular formula is C46H29N. The van der Waals surface area contributed by atoms with Crippen molar-refractivity contribution in [2.24, 2.45) is 0 Å². The maximum Gasteiger partial charge on any atom is 0.0541 e. The number of hydrogen-bond acceptors (Lipinski definition) is 0. The molecule has 1 nitrogen and oxygen atoms in total. The van der Waals surface area contributed by atoms with Crippen LogP contribution in [0.15, 0.2) is 176 Å². The summed E-state index contributed by atoms with van der Waals surface area (Å²) in [5.74, 6) is 0. The summed E-state index contributed by atoms with van der Waals surface area (Å²) in [5, 5.41) is 12.8. The minimum Gasteiger partial charge on any atom is -0.309 e. The molecule has 1 aromatic heterocycles. The fraction of sp³-hybridized carbons (Fsp3) is 0. The molecule has 0 spiro atoms. The predicted octanol–water partition coefficient (Wildman–Crippen LogP) is 12.7. The summed E-state index contributed by atoms with van der Waals surface area (Å²) in [6, 6.07) is 64.5. The summed E-state index contributed by atoms with van der Waals surface area (Å²) in [5.41, 5.74) is 8.64. The Morgan fingerprint density at radius 1 is 0.298 bits per heavy atom. The van der Waals surface area contributed by atoms with Crippen molar-refractivity contribution in [2.45, 2.75) is 0 Å². The Morgan fingerprint density at radius 2 is 0.872 bits per heavy atom. The Balaban J connectivity index is 1.29. The lowest BCUT2D eigenvalue weighted by Gasteiger charge is -2.17. The highest BCUT2D eigenvalue weighted by Crippen LogP contribution is 2.44. The van der Waals surface area contributed by atoms with Gasteiger partial charge in [0, 0.05) is 16.5 Å². The Morgan fingerprint density at radius 3 is 1.66 bits per heavy atom. The van der Waals surface area contributed by atoms with Gasteiger partial charge < -0.3 is 4.57 Å². The van der Waals surface area contributed by atoms with Crippen LogP contribution < -0.4 is 0 Å². The molecule has 0 aliphatic heterocycles. The predicted molar refractivity (Wildman–Crippen MR) is 202 cm³/mol. The van der Waals surface area contributed by atoms with E-state index in [1.54, 1.807) is 0 Å². The first-order valence-electron chi connectivity index (χ1n) is 16.3. The zero-order valence-corrected chi connectivity index (χ0v) is 25.7. The largest absolute Gasteiger partial charge is 0.309 e. The van der Waals surface area contributed by atoms with E-state index in [0.717, 1.165) is 0 Å². The summed E-state index contributed by atoms with van der Waals surface area (Å²) < 4.78 is 2.38. The molecule has 0 aliphatic carbocycles. The third-order valence-electron chi connectivity index (χ3n) is 9.94. The molecule has 47 heavy (non-hydrogen) atoms. The first kappa shape index (κ1) is 26.1. The van der Waals surface area contributed by atoms with E-state index in [-0.39, 0.29) is 0 Å². The number of fused-ring (bicyclic) bond motifs is 9. The van der Waals surface area contributed by atoms with Gasteiger partial charge >= 0.3 is 0 Å². The quantitative estimate of drug-likeness (QED) is 0.179. The van der Waals surface area contributed by atoms with E-state index in [0.29, 0.717) is 0 Å². The van der Waals surface area contributed by atoms with Gasteiger partial charge in [0.1, 0.15) is 0 Å². The van der Waals surface area contributed by atoms with Crippen LogP contribution in [0.3, 0.4) is 0 Å². The van der Waals surface area contributed by atoms with Crippen molar-refractivity contribution < 1.29 is 0 Å². The third kappa shape index (κ3) is 3.90. The highest BCUT2D eigenvalue weighted by molar-refractivity contribution is 6.26. The molecule has 0 atom stereocenters. The number of aromatic nitrogens is 1. The highest BCUT2D eigenvalue weighted by atomic mass is 15.0. The van der Waals surface area contributed by atoms with Gasteiger partial charge in [-0.3, -0.25) is 0 Å². The standard InChI is InChI=1S/C46H29N/c1-2-15-33(16-3-1)47-44-24-11-10-20-38(44)43-27-31(25-26-45(43)47)41-28-32-29-42(35-23-12-14-30-13-4-5-17-34(30)35)37-19-7-9-22-40(37)46(32)39-21-8-6-18-36(39)41/h1-29H. The Bertz CT molecular complexity index is 2830. The molecule has 0 aliphatic rings. The smallest absolute Gasteiger partial charge is 0.0541 e. The van der Waals surface area contributed by atoms with Crippen molar-refractivity contribution >= 4 is 64.9 Å². The van der Waals surface area contributed by atoms with Crippen LogP contribution >= 0.6 is 0 Å². The second kappa shape index (κ2) is 10.2. The van der Waals surface area contributed by atoms with Crippen LogP contribution in [0.2, 0.25) is 0 Å². The summed E-state index contributed by atoms with van der Waals surface area (Å²) in [6.45, 7) is 0. The molecule has 0 unspecified atom stereocenters. The maximum absolute atomic E-state index is 2.43. The summed E-state index contributed by atoms with van der Waals surface area (Å²) in [6.07, 6.45) is 0. The lowest BCUT2D eigenvalue weighted by atomic mass is 9.86. The first-order chi connectivity index (χ1) is 23.3. The van der Waals surface area contributed by atoms with E-state index in [1.807, 2.05) is 0 Å². The lowest BCUT2D eigenvalue weighted by Crippen LogP contribution is -1.93. The van der Waals surface area contributed by atoms with Crippen LogP contribution in [0, 0.1) is 0 Å². The molecule has 0 fully saturated rings. The Labute approximate surface area is 272 Å². The second-order valence-corrected chi connectivity index (χ2v) is 12.5. The van der Waals surface area contributed by atoms with Gasteiger partial charge in [0.2, 0.25) is 0 Å². The van der Waals surface area contributed by atoms with Crippen molar-refractivity contribution in [3.05, 3.63) is 176 Å². The van der Waals surface area contributed by atoms with Crippen LogP contribution in [0.1, 0.15) is 0 Å². The molecule has 0 radical (unpaired) electrons. The maximum atomic E-state index is 2.43. The van der Waals surface area contributed by atoms with Crippen molar-refractivity contribution in [2.75, 3.05) is 0 Å². The normalized spacial score (nSPS) is 11.8. The van der Waals surface area contributed by atoms with Crippen LogP contribution in [-0.2, 0) is 0 Å². The summed E-state index contributed by atoms with van der Waals surface area (Å²) >= 11 is 0. The first-order valence-corrected chi connectivity index (χ1v) is 16.3. The van der Waals surface area contributed by atoms with Gasteiger partial charge in [-0.15, -0.1) is 0 Å². The van der Waals surface area contributed by atoms with E-state index in [1.165, 1.54) is 92.8 Å². The average Bonchev–Trinajstić information content (AvgIpc) is 3.48. The molecular weight excluding hydrogens is 567 g/mol. The number of rotatable bonds is 3. The Hall–Kier alpha value is -6.18. The molecule has 0 bridgehead atoms. The summed E-state index contributed by atoms with van der Waals surface area (Å²) in [4.78, 5) is 0. The zero-order chi connectivity index (χ0) is 30.9. The summed E-state index contributed by atoms with van der Waals surface area (Å²) in [7, 11) is 0. The van der Waals surface area contributed by atoms with Gasteiger partial charge in [-0.25, -0.2) is 0 Å². The van der Waals surface area contributed by atoms with Crippen LogP contribution in [0.25, 0.3) is 92.8 Å². The third-order valence-corrected chi connectivity index (χ3v) is 9.94. The van der Waals surface area contributed by atoms with Crippen LogP contribution in [0.5, 0.6) is 0 Å². The van der Waals surface area contributed by atoms with Crippen LogP contribution in [0.4, 0.5) is 0 Å². The fourth-order valence-corrected chi connectivity index (χ4v) is 7.90. The fourth-order valence-electron chi connectivity index (χ4n) is 7.90. The Kier molecular flexibility index (Phi) is 5.64. The molecule has 0 N–H and O–H groups in total. The SMILES string of the molecule is c1ccc(-n2c3ccccc3c3cc(-c4cc5cc(-c6cccc7ccccc67)c6ccccc6c5c5ccccc45)ccc32)cc1. The lowest BCUT2D eigenvalue weighted by molar-refractivity contribution is 1.18. The van der Waals surface area contributed by atoms with Crippen molar-refractivity contribution in [1.29, 1.82) is 0 Å². The van der Waals surface area contributed by atoms with E-state index < -0.39 is 0 Å². The van der Waals surface area contributed by atoms with Crippen molar-refractivity contribution in [1.82, 2.24) is 4.57 Å². The molecule has 1 heterocycles. The number of hydrogen-bond donors (Lipinski definition) is 0. The van der Waals surface area contributed by atoms with Gasteiger partial charge in [-0.05, 0) is 108 Å². The second-order valence-electron chi connectivity index (χ2n) is 12.5. The van der Waals surface area contributed by atoms with E-state index >= 15 is 0 Å². The average molecular weight is 596 g/mol. The molecule has 9 aromatic carbocycles. The van der Waals surface area contributed by atoms with Crippen molar-refractivity contribution in [3.8, 4) is 27.9 Å². The van der Waals surface area contributed by atoms with Gasteiger partial charge in [-0.1, -0.05) is 133 Å². The molecule has 0 saturated heterocycles. The van der Waals surface area contributed by atoms with Gasteiger partial charge in [0.15, 0.2) is 0 Å². The van der Waals surface area contributed by atoms with Gasteiger partial charge in [0.05, 0.1) is 11.0 Å². The minimum atomic E-state index is 1.18. The van der Waals surface area contributed by atoms with Crippen molar-refractivity contribution in [3.63, 3.8) is 0 Å². The topological polar surface area (TPSA) is 4.93 Å². The number of nitrogens with zero attached hydrogens (tertiary/aromatic N) is 1. The number of benzene rings is 9. The van der Waals surface area contributed by atoms with Gasteiger partial charge in [-0.2, -0.15) is 0 Å². The molecule has 218 valence electrons. The molecule has 0 saturated carbocycles. The highest BCUT2D eigenvalue weighted by Gasteiger charge is 2.17. The zero-order valence-electron chi connectivity index (χ0n) is 25.7. The molecule has 0 amide bonds. The number of para-hydroxylation sites is 2. The molecule has 10 aromatic rings. The minimum absolute atomic E-state index is 1.18. The van der Waals surface area contributed by atoms with E-state index in [4.69, 9.17) is 0 Å². The van der Waals surface area contributed by atoms with Gasteiger partial charge in [0.25, 0.3) is 0 Å². The van der Waals surface area contributed by atoms with E-state index in [2.05, 4.69) is 180 Å². The monoisotopic (exact) mass is 595 g/mol.